The van der Waals surface area contributed by atoms with Crippen LogP contribution < -0.4 is 5.32 Å². The fourth-order valence-electron chi connectivity index (χ4n) is 4.97. The third kappa shape index (κ3) is 3.84. The van der Waals surface area contributed by atoms with Crippen molar-refractivity contribution in [1.82, 2.24) is 34.4 Å². The van der Waals surface area contributed by atoms with E-state index in [4.69, 9.17) is 0 Å². The molecule has 0 radical (unpaired) electrons. The Labute approximate surface area is 199 Å². The van der Waals surface area contributed by atoms with E-state index in [9.17, 15) is 9.59 Å². The van der Waals surface area contributed by atoms with E-state index in [1.165, 1.54) is 0 Å². The van der Waals surface area contributed by atoms with Crippen LogP contribution >= 0.6 is 0 Å². The van der Waals surface area contributed by atoms with Crippen molar-refractivity contribution in [1.29, 1.82) is 0 Å². The topological polar surface area (TPSA) is 86.1 Å². The van der Waals surface area contributed by atoms with Crippen LogP contribution in [-0.4, -0.2) is 94.2 Å². The second kappa shape index (κ2) is 8.48. The summed E-state index contributed by atoms with van der Waals surface area (Å²) in [5, 5.41) is 3.15. The second-order valence-corrected chi connectivity index (χ2v) is 9.79. The summed E-state index contributed by atoms with van der Waals surface area (Å²) in [6.07, 6.45) is 7.17. The number of nitrogens with one attached hydrogen (secondary N) is 1. The lowest BCUT2D eigenvalue weighted by Gasteiger charge is -2.45. The van der Waals surface area contributed by atoms with Gasteiger partial charge in [-0.1, -0.05) is 12.1 Å². The van der Waals surface area contributed by atoms with Crippen molar-refractivity contribution in [2.45, 2.75) is 24.9 Å². The summed E-state index contributed by atoms with van der Waals surface area (Å²) in [5.74, 6) is 0.321. The van der Waals surface area contributed by atoms with Gasteiger partial charge in [-0.05, 0) is 64.3 Å². The number of carbonyl (C=O) groups is 2. The number of fused-ring (bicyclic) bond motifs is 2. The number of nitrogens with zero attached hydrogens (tertiary/aromatic N) is 6. The van der Waals surface area contributed by atoms with Crippen LogP contribution in [0.2, 0.25) is 0 Å². The summed E-state index contributed by atoms with van der Waals surface area (Å²) < 4.78 is 1.73. The number of imidazole rings is 1. The first-order valence-electron chi connectivity index (χ1n) is 11.6. The lowest BCUT2D eigenvalue weighted by Crippen LogP contribution is -2.58. The predicted molar refractivity (Wildman–Crippen MR) is 130 cm³/mol. The van der Waals surface area contributed by atoms with E-state index >= 15 is 0 Å². The number of carbonyl (C=O) groups excluding carboxylic acids is 2. The molecule has 3 aromatic rings. The molecule has 1 saturated heterocycles. The van der Waals surface area contributed by atoms with E-state index in [2.05, 4.69) is 46.2 Å². The van der Waals surface area contributed by atoms with Crippen LogP contribution in [0.5, 0.6) is 0 Å². The van der Waals surface area contributed by atoms with Gasteiger partial charge in [0.2, 0.25) is 5.78 Å². The average Bonchev–Trinajstić information content (AvgIpc) is 3.38. The smallest absolute Gasteiger partial charge is 0.270 e. The fraction of sp³-hybridized carbons (Fsp3) is 0.440. The van der Waals surface area contributed by atoms with Gasteiger partial charge in [-0.3, -0.25) is 14.0 Å². The molecule has 5 rings (SSSR count). The van der Waals surface area contributed by atoms with E-state index in [-0.39, 0.29) is 17.4 Å². The van der Waals surface area contributed by atoms with Gasteiger partial charge in [-0.25, -0.2) is 9.97 Å². The maximum absolute atomic E-state index is 13.2. The van der Waals surface area contributed by atoms with E-state index in [0.29, 0.717) is 24.6 Å². The molecule has 0 spiro atoms. The lowest BCUT2D eigenvalue weighted by molar-refractivity contribution is 0.0610. The molecule has 2 amide bonds. The molecule has 0 aliphatic carbocycles. The molecule has 0 saturated carbocycles. The molecule has 9 heteroatoms. The molecule has 0 bridgehead atoms. The van der Waals surface area contributed by atoms with Gasteiger partial charge in [-0.2, -0.15) is 0 Å². The Morgan fingerprint density at radius 2 is 1.85 bits per heavy atom. The van der Waals surface area contributed by atoms with Crippen LogP contribution in [-0.2, 0) is 6.54 Å². The summed E-state index contributed by atoms with van der Waals surface area (Å²) in [7, 11) is 8.11. The Hall–Kier alpha value is -3.30. The highest BCUT2D eigenvalue weighted by Gasteiger charge is 2.36. The molecule has 1 fully saturated rings. The summed E-state index contributed by atoms with van der Waals surface area (Å²) in [4.78, 5) is 40.7. The average molecular weight is 462 g/mol. The summed E-state index contributed by atoms with van der Waals surface area (Å²) >= 11 is 0. The van der Waals surface area contributed by atoms with Crippen LogP contribution in [0.25, 0.3) is 16.9 Å². The summed E-state index contributed by atoms with van der Waals surface area (Å²) in [6.45, 7) is 3.22. The van der Waals surface area contributed by atoms with Crippen molar-refractivity contribution >= 4 is 17.6 Å². The normalized spacial score (nSPS) is 18.0. The number of benzene rings is 1. The Bertz CT molecular complexity index is 1260. The standard InChI is InChI=1S/C25H31N7O2/c1-29(2)25(7-9-30(3)10-8-25)16-28-22(33)21-13-27-24-26-12-19(15-32(21)24)17-5-6-18-14-31(4)23(34)20(18)11-17/h5-6,11-13,15H,7-10,14,16H2,1-4H3,(H,28,33). The number of likely N-dealkylation sites (tertiary alicyclic amines) is 1. The van der Waals surface area contributed by atoms with Crippen molar-refractivity contribution in [3.05, 3.63) is 53.6 Å². The molecule has 4 heterocycles. The number of hydrogen-bond acceptors (Lipinski definition) is 6. The monoisotopic (exact) mass is 461 g/mol. The fourth-order valence-corrected chi connectivity index (χ4v) is 4.97. The van der Waals surface area contributed by atoms with Crippen molar-refractivity contribution in [2.24, 2.45) is 0 Å². The van der Waals surface area contributed by atoms with Crippen LogP contribution in [0.1, 0.15) is 39.3 Å². The third-order valence-corrected chi connectivity index (χ3v) is 7.47. The zero-order chi connectivity index (χ0) is 24.0. The highest BCUT2D eigenvalue weighted by molar-refractivity contribution is 5.99. The van der Waals surface area contributed by atoms with Gasteiger partial charge in [0.05, 0.1) is 6.20 Å². The van der Waals surface area contributed by atoms with Crippen LogP contribution in [0.4, 0.5) is 0 Å². The van der Waals surface area contributed by atoms with Gasteiger partial charge in [0.1, 0.15) is 5.69 Å². The lowest BCUT2D eigenvalue weighted by atomic mass is 9.86. The third-order valence-electron chi connectivity index (χ3n) is 7.47. The van der Waals surface area contributed by atoms with Crippen molar-refractivity contribution < 1.29 is 9.59 Å². The maximum atomic E-state index is 13.2. The van der Waals surface area contributed by atoms with Crippen molar-refractivity contribution in [3.63, 3.8) is 0 Å². The molecule has 34 heavy (non-hydrogen) atoms. The van der Waals surface area contributed by atoms with E-state index in [1.807, 2.05) is 24.4 Å². The number of hydrogen-bond donors (Lipinski definition) is 1. The van der Waals surface area contributed by atoms with Crippen LogP contribution in [0, 0.1) is 0 Å². The minimum Gasteiger partial charge on any atom is -0.349 e. The predicted octanol–water partition coefficient (Wildman–Crippen LogP) is 1.74. The first-order chi connectivity index (χ1) is 16.3. The van der Waals surface area contributed by atoms with Gasteiger partial charge < -0.3 is 20.0 Å². The molecule has 0 unspecified atom stereocenters. The quantitative estimate of drug-likeness (QED) is 0.623. The van der Waals surface area contributed by atoms with Gasteiger partial charge in [0.15, 0.2) is 0 Å². The maximum Gasteiger partial charge on any atom is 0.270 e. The van der Waals surface area contributed by atoms with Crippen LogP contribution in [0.3, 0.4) is 0 Å². The number of rotatable bonds is 5. The molecule has 2 aliphatic heterocycles. The summed E-state index contributed by atoms with van der Waals surface area (Å²) in [5.41, 5.74) is 3.84. The van der Waals surface area contributed by atoms with Gasteiger partial charge in [0.25, 0.3) is 11.8 Å². The molecule has 178 valence electrons. The van der Waals surface area contributed by atoms with Gasteiger partial charge in [-0.15, -0.1) is 0 Å². The molecule has 1 aromatic carbocycles. The number of amides is 2. The molecule has 2 aromatic heterocycles. The number of piperidine rings is 1. The largest absolute Gasteiger partial charge is 0.349 e. The highest BCUT2D eigenvalue weighted by Crippen LogP contribution is 2.28. The van der Waals surface area contributed by atoms with E-state index in [0.717, 1.165) is 48.2 Å². The minimum absolute atomic E-state index is 0.0253. The zero-order valence-electron chi connectivity index (χ0n) is 20.2. The zero-order valence-corrected chi connectivity index (χ0v) is 20.2. The number of aromatic nitrogens is 3. The van der Waals surface area contributed by atoms with Crippen LogP contribution in [0.15, 0.2) is 36.8 Å². The van der Waals surface area contributed by atoms with Gasteiger partial charge in [0, 0.05) is 49.2 Å². The molecular formula is C25H31N7O2. The highest BCUT2D eigenvalue weighted by atomic mass is 16.2. The summed E-state index contributed by atoms with van der Waals surface area (Å²) in [6, 6.07) is 5.88. The number of likely N-dealkylation sites (N-methyl/N-ethyl adjacent to an activating group) is 1. The Morgan fingerprint density at radius 3 is 2.59 bits per heavy atom. The Morgan fingerprint density at radius 1 is 1.12 bits per heavy atom. The first kappa shape index (κ1) is 22.5. The Kier molecular flexibility index (Phi) is 5.61. The molecule has 2 aliphatic rings. The van der Waals surface area contributed by atoms with Crippen molar-refractivity contribution in [3.8, 4) is 11.1 Å². The molecular weight excluding hydrogens is 430 g/mol. The van der Waals surface area contributed by atoms with Gasteiger partial charge >= 0.3 is 0 Å². The van der Waals surface area contributed by atoms with E-state index in [1.54, 1.807) is 28.7 Å². The molecule has 1 N–H and O–H groups in total. The second-order valence-electron chi connectivity index (χ2n) is 9.79. The Balaban J connectivity index is 1.39. The minimum atomic E-state index is -0.169. The SMILES string of the molecule is CN1CCC(CNC(=O)c2cnc3ncc(-c4ccc5c(c4)C(=O)N(C)C5)cn23)(N(C)C)CC1. The van der Waals surface area contributed by atoms with Crippen molar-refractivity contribution in [2.75, 3.05) is 47.8 Å². The molecule has 9 nitrogen and oxygen atoms in total. The van der Waals surface area contributed by atoms with E-state index < -0.39 is 0 Å². The first-order valence-corrected chi connectivity index (χ1v) is 11.6. The molecule has 0 atom stereocenters.